The van der Waals surface area contributed by atoms with Crippen LogP contribution in [0.4, 0.5) is 0 Å². The van der Waals surface area contributed by atoms with E-state index in [0.717, 1.165) is 43.6 Å². The summed E-state index contributed by atoms with van der Waals surface area (Å²) in [5, 5.41) is 7.71. The Balaban J connectivity index is 1.55. The van der Waals surface area contributed by atoms with Gasteiger partial charge in [-0.2, -0.15) is 4.98 Å². The summed E-state index contributed by atoms with van der Waals surface area (Å²) in [5.41, 5.74) is 0. The lowest BCUT2D eigenvalue weighted by Crippen LogP contribution is -2.38. The molecule has 5 heteroatoms. The van der Waals surface area contributed by atoms with Gasteiger partial charge in [-0.25, -0.2) is 0 Å². The SMILES string of the molecule is CCCc1nc(CN(CC2CC2)CC2CCCN2)no1. The highest BCUT2D eigenvalue weighted by Crippen LogP contribution is 2.30. The van der Waals surface area contributed by atoms with Gasteiger partial charge in [0, 0.05) is 25.6 Å². The fourth-order valence-corrected chi connectivity index (χ4v) is 2.96. The maximum atomic E-state index is 5.29. The first-order chi connectivity index (χ1) is 9.83. The monoisotopic (exact) mass is 278 g/mol. The number of aryl methyl sites for hydroxylation is 1. The lowest BCUT2D eigenvalue weighted by atomic mass is 10.2. The lowest BCUT2D eigenvalue weighted by molar-refractivity contribution is 0.223. The van der Waals surface area contributed by atoms with Gasteiger partial charge in [-0.15, -0.1) is 0 Å². The highest BCUT2D eigenvalue weighted by molar-refractivity contribution is 4.89. The van der Waals surface area contributed by atoms with E-state index in [0.29, 0.717) is 6.04 Å². The fourth-order valence-electron chi connectivity index (χ4n) is 2.96. The summed E-state index contributed by atoms with van der Waals surface area (Å²) in [6.07, 6.45) is 7.34. The van der Waals surface area contributed by atoms with Crippen LogP contribution in [-0.4, -0.2) is 40.7 Å². The summed E-state index contributed by atoms with van der Waals surface area (Å²) >= 11 is 0. The molecule has 1 atom stereocenters. The van der Waals surface area contributed by atoms with E-state index >= 15 is 0 Å². The Hall–Kier alpha value is -0.940. The van der Waals surface area contributed by atoms with Gasteiger partial charge in [-0.05, 0) is 44.6 Å². The van der Waals surface area contributed by atoms with Crippen molar-refractivity contribution in [3.05, 3.63) is 11.7 Å². The van der Waals surface area contributed by atoms with Gasteiger partial charge in [0.1, 0.15) is 0 Å². The highest BCUT2D eigenvalue weighted by Gasteiger charge is 2.27. The normalized spacial score (nSPS) is 22.8. The zero-order valence-electron chi connectivity index (χ0n) is 12.5. The van der Waals surface area contributed by atoms with Crippen molar-refractivity contribution in [2.45, 2.75) is 58.0 Å². The second kappa shape index (κ2) is 6.68. The van der Waals surface area contributed by atoms with Gasteiger partial charge < -0.3 is 9.84 Å². The molecule has 0 aromatic carbocycles. The molecule has 3 rings (SSSR count). The third kappa shape index (κ3) is 4.03. The molecule has 0 radical (unpaired) electrons. The molecule has 0 spiro atoms. The van der Waals surface area contributed by atoms with Crippen molar-refractivity contribution in [1.29, 1.82) is 0 Å². The Morgan fingerprint density at radius 2 is 2.20 bits per heavy atom. The third-order valence-corrected chi connectivity index (χ3v) is 4.19. The lowest BCUT2D eigenvalue weighted by Gasteiger charge is -2.24. The van der Waals surface area contributed by atoms with Gasteiger partial charge in [0.15, 0.2) is 5.82 Å². The van der Waals surface area contributed by atoms with Crippen molar-refractivity contribution in [3.8, 4) is 0 Å². The number of nitrogens with zero attached hydrogens (tertiary/aromatic N) is 3. The van der Waals surface area contributed by atoms with Crippen molar-refractivity contribution in [3.63, 3.8) is 0 Å². The van der Waals surface area contributed by atoms with Crippen LogP contribution < -0.4 is 5.32 Å². The van der Waals surface area contributed by atoms with Crippen molar-refractivity contribution < 1.29 is 4.52 Å². The van der Waals surface area contributed by atoms with Crippen LogP contribution in [0, 0.1) is 5.92 Å². The summed E-state index contributed by atoms with van der Waals surface area (Å²) in [6, 6.07) is 0.649. The summed E-state index contributed by atoms with van der Waals surface area (Å²) in [6.45, 7) is 6.45. The molecule has 20 heavy (non-hydrogen) atoms. The zero-order valence-corrected chi connectivity index (χ0v) is 12.5. The predicted octanol–water partition coefficient (Wildman–Crippen LogP) is 1.99. The Labute approximate surface area is 121 Å². The predicted molar refractivity (Wildman–Crippen MR) is 77.3 cm³/mol. The quantitative estimate of drug-likeness (QED) is 0.788. The second-order valence-corrected chi connectivity index (χ2v) is 6.29. The molecule has 5 nitrogen and oxygen atoms in total. The van der Waals surface area contributed by atoms with Gasteiger partial charge in [0.05, 0.1) is 6.54 Å². The Bertz CT molecular complexity index is 410. The Morgan fingerprint density at radius 3 is 2.90 bits per heavy atom. The topological polar surface area (TPSA) is 54.2 Å². The van der Waals surface area contributed by atoms with Crippen LogP contribution in [0.2, 0.25) is 0 Å². The number of aromatic nitrogens is 2. The fraction of sp³-hybridized carbons (Fsp3) is 0.867. The van der Waals surface area contributed by atoms with Gasteiger partial charge in [0.25, 0.3) is 0 Å². The molecule has 0 amide bonds. The van der Waals surface area contributed by atoms with E-state index in [1.165, 1.54) is 38.8 Å². The van der Waals surface area contributed by atoms with E-state index in [-0.39, 0.29) is 0 Å². The molecule has 0 bridgehead atoms. The van der Waals surface area contributed by atoms with Crippen molar-refractivity contribution in [2.24, 2.45) is 5.92 Å². The highest BCUT2D eigenvalue weighted by atomic mass is 16.5. The molecule has 1 aromatic rings. The van der Waals surface area contributed by atoms with E-state index in [1.54, 1.807) is 0 Å². The molecule has 2 aliphatic rings. The van der Waals surface area contributed by atoms with E-state index < -0.39 is 0 Å². The van der Waals surface area contributed by atoms with Gasteiger partial charge in [-0.3, -0.25) is 4.90 Å². The molecule has 2 heterocycles. The molecule has 1 N–H and O–H groups in total. The first-order valence-corrected chi connectivity index (χ1v) is 8.10. The second-order valence-electron chi connectivity index (χ2n) is 6.29. The molecular weight excluding hydrogens is 252 g/mol. The van der Waals surface area contributed by atoms with E-state index in [1.807, 2.05) is 0 Å². The minimum Gasteiger partial charge on any atom is -0.339 e. The molecule has 1 aliphatic heterocycles. The van der Waals surface area contributed by atoms with Crippen LogP contribution in [0.25, 0.3) is 0 Å². The first kappa shape index (κ1) is 14.0. The molecule has 1 saturated heterocycles. The summed E-state index contributed by atoms with van der Waals surface area (Å²) in [5.74, 6) is 2.54. The van der Waals surface area contributed by atoms with Crippen molar-refractivity contribution >= 4 is 0 Å². The van der Waals surface area contributed by atoms with Crippen LogP contribution in [0.3, 0.4) is 0 Å². The minimum absolute atomic E-state index is 0.649. The van der Waals surface area contributed by atoms with E-state index in [4.69, 9.17) is 4.52 Å². The van der Waals surface area contributed by atoms with Crippen LogP contribution in [-0.2, 0) is 13.0 Å². The van der Waals surface area contributed by atoms with Crippen LogP contribution >= 0.6 is 0 Å². The number of rotatable bonds is 8. The smallest absolute Gasteiger partial charge is 0.226 e. The molecular formula is C15H26N4O. The maximum absolute atomic E-state index is 5.29. The molecule has 1 aromatic heterocycles. The minimum atomic E-state index is 0.649. The van der Waals surface area contributed by atoms with Gasteiger partial charge in [0.2, 0.25) is 5.89 Å². The number of hydrogen-bond acceptors (Lipinski definition) is 5. The molecule has 1 unspecified atom stereocenters. The Morgan fingerprint density at radius 1 is 1.30 bits per heavy atom. The van der Waals surface area contributed by atoms with Gasteiger partial charge >= 0.3 is 0 Å². The largest absolute Gasteiger partial charge is 0.339 e. The van der Waals surface area contributed by atoms with Gasteiger partial charge in [-0.1, -0.05) is 12.1 Å². The third-order valence-electron chi connectivity index (χ3n) is 4.19. The van der Waals surface area contributed by atoms with E-state index in [9.17, 15) is 0 Å². The molecule has 1 aliphatic carbocycles. The number of hydrogen-bond donors (Lipinski definition) is 1. The molecule has 2 fully saturated rings. The Kier molecular flexibility index (Phi) is 4.68. The first-order valence-electron chi connectivity index (χ1n) is 8.10. The van der Waals surface area contributed by atoms with Crippen LogP contribution in [0.1, 0.15) is 50.7 Å². The summed E-state index contributed by atoms with van der Waals surface area (Å²) in [4.78, 5) is 7.02. The molecule has 1 saturated carbocycles. The zero-order chi connectivity index (χ0) is 13.8. The summed E-state index contributed by atoms with van der Waals surface area (Å²) < 4.78 is 5.29. The average molecular weight is 278 g/mol. The van der Waals surface area contributed by atoms with Crippen molar-refractivity contribution in [2.75, 3.05) is 19.6 Å². The number of nitrogens with one attached hydrogen (secondary N) is 1. The average Bonchev–Trinajstić information content (AvgIpc) is 2.90. The van der Waals surface area contributed by atoms with Crippen LogP contribution in [0.15, 0.2) is 4.52 Å². The summed E-state index contributed by atoms with van der Waals surface area (Å²) in [7, 11) is 0. The standard InChI is InChI=1S/C15H26N4O/c1-2-4-15-17-14(18-20-15)11-19(9-12-6-7-12)10-13-5-3-8-16-13/h12-13,16H,2-11H2,1H3. The van der Waals surface area contributed by atoms with Crippen molar-refractivity contribution in [1.82, 2.24) is 20.4 Å². The van der Waals surface area contributed by atoms with Crippen LogP contribution in [0.5, 0.6) is 0 Å². The molecule has 112 valence electrons. The van der Waals surface area contributed by atoms with E-state index in [2.05, 4.69) is 27.3 Å². The maximum Gasteiger partial charge on any atom is 0.226 e.